The summed E-state index contributed by atoms with van der Waals surface area (Å²) in [5.41, 5.74) is 4.80. The van der Waals surface area contributed by atoms with E-state index in [9.17, 15) is 21.2 Å². The van der Waals surface area contributed by atoms with Gasteiger partial charge in [-0.15, -0.1) is 10.2 Å². The van der Waals surface area contributed by atoms with Crippen LogP contribution in [0.25, 0.3) is 28.2 Å². The van der Waals surface area contributed by atoms with Crippen molar-refractivity contribution in [3.05, 3.63) is 127 Å². The highest BCUT2D eigenvalue weighted by molar-refractivity contribution is 7.89. The van der Waals surface area contributed by atoms with E-state index < -0.39 is 20.0 Å². The van der Waals surface area contributed by atoms with E-state index in [0.29, 0.717) is 17.9 Å². The molecule has 0 amide bonds. The molecule has 12 nitrogen and oxygen atoms in total. The number of aryl methyl sites for hydroxylation is 2. The molecule has 0 fully saturated rings. The monoisotopic (exact) mass is 646 g/mol. The molecule has 6 rings (SSSR count). The van der Waals surface area contributed by atoms with Gasteiger partial charge in [-0.1, -0.05) is 52.9 Å². The molecule has 0 bridgehead atoms. The second kappa shape index (κ2) is 13.3. The summed E-state index contributed by atoms with van der Waals surface area (Å²) in [6, 6.07) is 28.2. The number of nitrogens with two attached hydrogens (primary N) is 2. The van der Waals surface area contributed by atoms with Crippen molar-refractivity contribution in [2.75, 3.05) is 0 Å². The number of nitrogens with zero attached hydrogens (tertiary/aromatic N) is 6. The number of halogens is 1. The molecule has 0 aliphatic rings. The summed E-state index contributed by atoms with van der Waals surface area (Å²) in [5, 5.41) is 26.4. The summed E-state index contributed by atoms with van der Waals surface area (Å²) in [6.45, 7) is 0.661. The second-order valence-corrected chi connectivity index (χ2v) is 12.9. The van der Waals surface area contributed by atoms with Gasteiger partial charge in [-0.05, 0) is 72.6 Å². The molecule has 2 aromatic heterocycles. The Morgan fingerprint density at radius 3 is 1.76 bits per heavy atom. The van der Waals surface area contributed by atoms with Gasteiger partial charge in [-0.3, -0.25) is 4.68 Å². The first kappa shape index (κ1) is 31.3. The maximum atomic E-state index is 12.9. The fourth-order valence-electron chi connectivity index (χ4n) is 4.17. The second-order valence-electron chi connectivity index (χ2n) is 9.77. The summed E-state index contributed by atoms with van der Waals surface area (Å²) >= 11 is 0. The molecule has 45 heavy (non-hydrogen) atoms. The van der Waals surface area contributed by atoms with Crippen LogP contribution in [0.15, 0.2) is 125 Å². The Kier molecular flexibility index (Phi) is 9.24. The van der Waals surface area contributed by atoms with E-state index >= 15 is 0 Å². The first-order valence-electron chi connectivity index (χ1n) is 13.3. The minimum absolute atomic E-state index is 0.0233. The van der Waals surface area contributed by atoms with Gasteiger partial charge in [0.2, 0.25) is 20.0 Å². The van der Waals surface area contributed by atoms with Crippen LogP contribution in [-0.4, -0.2) is 46.8 Å². The van der Waals surface area contributed by atoms with Crippen molar-refractivity contribution >= 4 is 20.0 Å². The van der Waals surface area contributed by atoms with Crippen molar-refractivity contribution in [1.29, 1.82) is 0 Å². The van der Waals surface area contributed by atoms with Gasteiger partial charge in [0.1, 0.15) is 17.2 Å². The van der Waals surface area contributed by atoms with Crippen LogP contribution in [0, 0.1) is 5.82 Å². The Bertz CT molecular complexity index is 2100. The molecule has 0 saturated heterocycles. The lowest BCUT2D eigenvalue weighted by Crippen LogP contribution is -2.12. The molecule has 0 radical (unpaired) electrons. The fraction of sp³-hybridized carbons (Fsp3) is 0.0667. The van der Waals surface area contributed by atoms with E-state index in [1.807, 2.05) is 36.5 Å². The van der Waals surface area contributed by atoms with Crippen molar-refractivity contribution < 1.29 is 21.2 Å². The summed E-state index contributed by atoms with van der Waals surface area (Å²) in [4.78, 5) is 0.142. The van der Waals surface area contributed by atoms with Crippen LogP contribution in [-0.2, 0) is 33.0 Å². The molecule has 15 heteroatoms. The van der Waals surface area contributed by atoms with Gasteiger partial charge in [0.15, 0.2) is 0 Å². The summed E-state index contributed by atoms with van der Waals surface area (Å²) in [7, 11) is -7.37. The van der Waals surface area contributed by atoms with E-state index in [1.165, 1.54) is 41.1 Å². The highest BCUT2D eigenvalue weighted by Gasteiger charge is 2.10. The molecule has 0 unspecified atom stereocenters. The lowest BCUT2D eigenvalue weighted by molar-refractivity contribution is 0.588. The SMILES string of the molecule is NS(=O)(=O)c1ccc(-n2cc(-c3ccc(F)cc3)nn2)cc1.NS(=O)(=O)c1ccc(CCn2cc(-c3ccccc3)nn2)cc1. The molecular weight excluding hydrogens is 620 g/mol. The van der Waals surface area contributed by atoms with Gasteiger partial charge in [0, 0.05) is 17.7 Å². The summed E-state index contributed by atoms with van der Waals surface area (Å²) in [6.07, 6.45) is 4.29. The van der Waals surface area contributed by atoms with Gasteiger partial charge >= 0.3 is 0 Å². The van der Waals surface area contributed by atoms with Gasteiger partial charge < -0.3 is 0 Å². The number of benzene rings is 4. The highest BCUT2D eigenvalue weighted by atomic mass is 32.2. The quantitative estimate of drug-likeness (QED) is 0.252. The normalized spacial score (nSPS) is 11.5. The van der Waals surface area contributed by atoms with Crippen LogP contribution < -0.4 is 10.3 Å². The average Bonchev–Trinajstić information content (AvgIpc) is 3.72. The van der Waals surface area contributed by atoms with Crippen LogP contribution >= 0.6 is 0 Å². The smallest absolute Gasteiger partial charge is 0.238 e. The Morgan fingerprint density at radius 2 is 1.16 bits per heavy atom. The molecule has 0 spiro atoms. The van der Waals surface area contributed by atoms with Crippen molar-refractivity contribution in [2.24, 2.45) is 10.3 Å². The standard InChI is InChI=1S/C16H16N4O2S.C14H11FN4O2S/c17-23(21,22)15-8-6-13(7-9-15)10-11-20-12-16(18-19-20)14-4-2-1-3-5-14;15-11-3-1-10(2-4-11)14-9-19(18-17-14)12-5-7-13(8-6-12)22(16,20)21/h1-9,12H,10-11H2,(H2,17,21,22);1-9H,(H2,16,20,21). The van der Waals surface area contributed by atoms with E-state index in [1.54, 1.807) is 47.3 Å². The van der Waals surface area contributed by atoms with Crippen molar-refractivity contribution in [2.45, 2.75) is 22.8 Å². The largest absolute Gasteiger partial charge is 0.252 e. The molecule has 4 N–H and O–H groups in total. The molecule has 0 aliphatic heterocycles. The lowest BCUT2D eigenvalue weighted by Gasteiger charge is -2.03. The molecular formula is C30H27FN8O4S2. The summed E-state index contributed by atoms with van der Waals surface area (Å²) < 4.78 is 61.0. The van der Waals surface area contributed by atoms with Gasteiger partial charge in [-0.2, -0.15) is 0 Å². The number of hydrogen-bond donors (Lipinski definition) is 2. The number of sulfonamides is 2. The highest BCUT2D eigenvalue weighted by Crippen LogP contribution is 2.19. The number of primary sulfonamides is 2. The van der Waals surface area contributed by atoms with Crippen molar-refractivity contribution in [3.8, 4) is 28.2 Å². The zero-order valence-electron chi connectivity index (χ0n) is 23.5. The van der Waals surface area contributed by atoms with Crippen molar-refractivity contribution in [1.82, 2.24) is 30.0 Å². The Hall–Kier alpha value is -5.09. The first-order valence-corrected chi connectivity index (χ1v) is 16.4. The van der Waals surface area contributed by atoms with Gasteiger partial charge in [0.25, 0.3) is 0 Å². The van der Waals surface area contributed by atoms with Crippen LogP contribution in [0.5, 0.6) is 0 Å². The predicted molar refractivity (Wildman–Crippen MR) is 165 cm³/mol. The molecule has 4 aromatic carbocycles. The zero-order valence-corrected chi connectivity index (χ0v) is 25.2. The van der Waals surface area contributed by atoms with Gasteiger partial charge in [0.05, 0.1) is 27.9 Å². The molecule has 0 atom stereocenters. The summed E-state index contributed by atoms with van der Waals surface area (Å²) in [5.74, 6) is -0.324. The van der Waals surface area contributed by atoms with E-state index in [0.717, 1.165) is 28.8 Å². The minimum Gasteiger partial charge on any atom is -0.252 e. The molecule has 6 aromatic rings. The maximum absolute atomic E-state index is 12.9. The van der Waals surface area contributed by atoms with Crippen LogP contribution in [0.1, 0.15) is 5.56 Å². The predicted octanol–water partition coefficient (Wildman–Crippen LogP) is 3.56. The van der Waals surface area contributed by atoms with Crippen molar-refractivity contribution in [3.63, 3.8) is 0 Å². The molecule has 230 valence electrons. The van der Waals surface area contributed by atoms with E-state index in [-0.39, 0.29) is 15.6 Å². The Morgan fingerprint density at radius 1 is 0.622 bits per heavy atom. The van der Waals surface area contributed by atoms with E-state index in [4.69, 9.17) is 10.3 Å². The van der Waals surface area contributed by atoms with E-state index in [2.05, 4.69) is 20.6 Å². The molecule has 0 saturated carbocycles. The topological polar surface area (TPSA) is 182 Å². The van der Waals surface area contributed by atoms with Gasteiger partial charge in [-0.25, -0.2) is 36.2 Å². The number of hydrogen-bond acceptors (Lipinski definition) is 8. The number of rotatable bonds is 8. The molecule has 0 aliphatic carbocycles. The average molecular weight is 647 g/mol. The maximum Gasteiger partial charge on any atom is 0.238 e. The third kappa shape index (κ3) is 8.30. The third-order valence-corrected chi connectivity index (χ3v) is 8.41. The Balaban J connectivity index is 0.000000178. The zero-order chi connectivity index (χ0) is 32.0. The fourth-order valence-corrected chi connectivity index (χ4v) is 5.20. The van der Waals surface area contributed by atoms with Crippen LogP contribution in [0.3, 0.4) is 0 Å². The first-order chi connectivity index (χ1) is 21.5. The van der Waals surface area contributed by atoms with Crippen LogP contribution in [0.2, 0.25) is 0 Å². The lowest BCUT2D eigenvalue weighted by atomic mass is 10.1. The minimum atomic E-state index is -3.72. The molecule has 2 heterocycles. The number of aromatic nitrogens is 6. The van der Waals surface area contributed by atoms with Crippen LogP contribution in [0.4, 0.5) is 4.39 Å². The third-order valence-electron chi connectivity index (χ3n) is 6.55. The Labute approximate surface area is 258 Å².